The van der Waals surface area contributed by atoms with Crippen LogP contribution >= 0.6 is 0 Å². The number of carbonyl (C=O) groups is 1. The SMILES string of the molecule is Cc1ccc(N2CCN(Cc3nc(C(=O)NCc4cccnc4)co3)CC2)cc1. The molecule has 7 heteroatoms. The van der Waals surface area contributed by atoms with Crippen molar-refractivity contribution in [3.63, 3.8) is 0 Å². The molecule has 1 amide bonds. The van der Waals surface area contributed by atoms with E-state index in [-0.39, 0.29) is 5.91 Å². The monoisotopic (exact) mass is 391 g/mol. The average Bonchev–Trinajstić information content (AvgIpc) is 3.23. The molecule has 3 aromatic rings. The second-order valence-corrected chi connectivity index (χ2v) is 7.27. The summed E-state index contributed by atoms with van der Waals surface area (Å²) in [6.07, 6.45) is 4.86. The molecule has 4 rings (SSSR count). The lowest BCUT2D eigenvalue weighted by atomic mass is 10.2. The van der Waals surface area contributed by atoms with E-state index >= 15 is 0 Å². The van der Waals surface area contributed by atoms with Gasteiger partial charge in [-0.25, -0.2) is 4.98 Å². The van der Waals surface area contributed by atoms with Gasteiger partial charge in [-0.15, -0.1) is 0 Å². The molecule has 0 bridgehead atoms. The maximum absolute atomic E-state index is 12.3. The van der Waals surface area contributed by atoms with E-state index in [1.807, 2.05) is 12.1 Å². The highest BCUT2D eigenvalue weighted by molar-refractivity contribution is 5.91. The lowest BCUT2D eigenvalue weighted by Crippen LogP contribution is -2.46. The minimum Gasteiger partial charge on any atom is -0.447 e. The van der Waals surface area contributed by atoms with Crippen molar-refractivity contribution >= 4 is 11.6 Å². The lowest BCUT2D eigenvalue weighted by molar-refractivity contribution is 0.0945. The lowest BCUT2D eigenvalue weighted by Gasteiger charge is -2.35. The summed E-state index contributed by atoms with van der Waals surface area (Å²) in [5.41, 5.74) is 3.79. The van der Waals surface area contributed by atoms with Crippen LogP contribution in [-0.4, -0.2) is 47.0 Å². The Bertz CT molecular complexity index is 931. The van der Waals surface area contributed by atoms with E-state index in [2.05, 4.69) is 56.3 Å². The van der Waals surface area contributed by atoms with Crippen LogP contribution in [-0.2, 0) is 13.1 Å². The summed E-state index contributed by atoms with van der Waals surface area (Å²) in [4.78, 5) is 25.4. The second kappa shape index (κ2) is 8.87. The first-order chi connectivity index (χ1) is 14.2. The Morgan fingerprint density at radius 2 is 1.93 bits per heavy atom. The van der Waals surface area contributed by atoms with Gasteiger partial charge in [0.15, 0.2) is 5.69 Å². The number of pyridine rings is 1. The van der Waals surface area contributed by atoms with Crippen molar-refractivity contribution in [1.82, 2.24) is 20.2 Å². The molecule has 1 aliphatic rings. The van der Waals surface area contributed by atoms with Gasteiger partial charge in [-0.3, -0.25) is 14.7 Å². The molecule has 150 valence electrons. The average molecular weight is 391 g/mol. The number of amides is 1. The Labute approximate surface area is 170 Å². The van der Waals surface area contributed by atoms with Crippen LogP contribution < -0.4 is 10.2 Å². The smallest absolute Gasteiger partial charge is 0.273 e. The van der Waals surface area contributed by atoms with Crippen LogP contribution in [0.25, 0.3) is 0 Å². The Hall–Kier alpha value is -3.19. The van der Waals surface area contributed by atoms with Crippen LogP contribution in [0.15, 0.2) is 59.5 Å². The van der Waals surface area contributed by atoms with Gasteiger partial charge in [-0.1, -0.05) is 23.8 Å². The fourth-order valence-electron chi connectivity index (χ4n) is 3.37. The molecule has 1 fully saturated rings. The number of oxazole rings is 1. The van der Waals surface area contributed by atoms with Gasteiger partial charge in [-0.2, -0.15) is 0 Å². The maximum atomic E-state index is 12.3. The molecule has 1 saturated heterocycles. The minimum atomic E-state index is -0.243. The highest BCUT2D eigenvalue weighted by atomic mass is 16.3. The molecule has 0 spiro atoms. The number of anilines is 1. The summed E-state index contributed by atoms with van der Waals surface area (Å²) in [7, 11) is 0. The summed E-state index contributed by atoms with van der Waals surface area (Å²) < 4.78 is 5.53. The van der Waals surface area contributed by atoms with Gasteiger partial charge in [0.05, 0.1) is 6.54 Å². The zero-order valence-electron chi connectivity index (χ0n) is 16.5. The molecule has 1 aliphatic heterocycles. The highest BCUT2D eigenvalue weighted by Gasteiger charge is 2.20. The van der Waals surface area contributed by atoms with Gasteiger partial charge in [0.1, 0.15) is 6.26 Å². The number of rotatable bonds is 6. The zero-order valence-corrected chi connectivity index (χ0v) is 16.5. The molecule has 0 saturated carbocycles. The number of hydrogen-bond acceptors (Lipinski definition) is 6. The van der Waals surface area contributed by atoms with E-state index in [0.29, 0.717) is 24.7 Å². The van der Waals surface area contributed by atoms with Crippen LogP contribution in [0.3, 0.4) is 0 Å². The molecule has 1 N–H and O–H groups in total. The fourth-order valence-corrected chi connectivity index (χ4v) is 3.37. The summed E-state index contributed by atoms with van der Waals surface area (Å²) in [6, 6.07) is 12.4. The Balaban J connectivity index is 1.26. The highest BCUT2D eigenvalue weighted by Crippen LogP contribution is 2.18. The quantitative estimate of drug-likeness (QED) is 0.696. The first kappa shape index (κ1) is 19.1. The van der Waals surface area contributed by atoms with Gasteiger partial charge >= 0.3 is 0 Å². The van der Waals surface area contributed by atoms with Crippen LogP contribution in [0.5, 0.6) is 0 Å². The predicted molar refractivity (Wildman–Crippen MR) is 111 cm³/mol. The third-order valence-corrected chi connectivity index (χ3v) is 5.09. The van der Waals surface area contributed by atoms with Crippen molar-refractivity contribution in [2.45, 2.75) is 20.0 Å². The first-order valence-electron chi connectivity index (χ1n) is 9.83. The van der Waals surface area contributed by atoms with Crippen molar-refractivity contribution in [3.05, 3.63) is 77.8 Å². The normalized spacial score (nSPS) is 14.7. The zero-order chi connectivity index (χ0) is 20.1. The Morgan fingerprint density at radius 3 is 2.66 bits per heavy atom. The topological polar surface area (TPSA) is 74.5 Å². The molecule has 3 heterocycles. The largest absolute Gasteiger partial charge is 0.447 e. The molecule has 0 unspecified atom stereocenters. The third-order valence-electron chi connectivity index (χ3n) is 5.09. The summed E-state index contributed by atoms with van der Waals surface area (Å²) in [5, 5.41) is 2.84. The molecule has 0 aliphatic carbocycles. The number of nitrogens with one attached hydrogen (secondary N) is 1. The van der Waals surface area contributed by atoms with Crippen LogP contribution in [0.1, 0.15) is 27.5 Å². The van der Waals surface area contributed by atoms with Gasteiger partial charge < -0.3 is 14.6 Å². The van der Waals surface area contributed by atoms with Crippen LogP contribution in [0.2, 0.25) is 0 Å². The van der Waals surface area contributed by atoms with Crippen molar-refractivity contribution in [3.8, 4) is 0 Å². The van der Waals surface area contributed by atoms with E-state index in [1.165, 1.54) is 17.5 Å². The number of piperazine rings is 1. The summed E-state index contributed by atoms with van der Waals surface area (Å²) in [5.74, 6) is 0.327. The van der Waals surface area contributed by atoms with Crippen molar-refractivity contribution in [2.75, 3.05) is 31.1 Å². The summed E-state index contributed by atoms with van der Waals surface area (Å²) >= 11 is 0. The molecule has 29 heavy (non-hydrogen) atoms. The van der Waals surface area contributed by atoms with E-state index in [1.54, 1.807) is 12.4 Å². The first-order valence-corrected chi connectivity index (χ1v) is 9.83. The number of hydrogen-bond donors (Lipinski definition) is 1. The predicted octanol–water partition coefficient (Wildman–Crippen LogP) is 2.63. The van der Waals surface area contributed by atoms with E-state index in [4.69, 9.17) is 4.42 Å². The Morgan fingerprint density at radius 1 is 1.14 bits per heavy atom. The molecule has 0 atom stereocenters. The standard InChI is InChI=1S/C22H25N5O2/c1-17-4-6-19(7-5-17)27-11-9-26(10-12-27)15-21-25-20(16-29-21)22(28)24-14-18-3-2-8-23-13-18/h2-8,13,16H,9-12,14-15H2,1H3,(H,24,28). The van der Waals surface area contributed by atoms with Gasteiger partial charge in [-0.05, 0) is 30.7 Å². The van der Waals surface area contributed by atoms with Gasteiger partial charge in [0.25, 0.3) is 5.91 Å². The third kappa shape index (κ3) is 5.00. The van der Waals surface area contributed by atoms with Gasteiger partial charge in [0.2, 0.25) is 5.89 Å². The van der Waals surface area contributed by atoms with E-state index in [9.17, 15) is 4.79 Å². The molecular formula is C22H25N5O2. The van der Waals surface area contributed by atoms with Gasteiger partial charge in [0, 0.05) is 50.8 Å². The number of carbonyl (C=O) groups excluding carboxylic acids is 1. The number of aromatic nitrogens is 2. The number of benzene rings is 1. The fraction of sp³-hybridized carbons (Fsp3) is 0.318. The number of aryl methyl sites for hydroxylation is 1. The van der Waals surface area contributed by atoms with Crippen LogP contribution in [0.4, 0.5) is 5.69 Å². The van der Waals surface area contributed by atoms with Crippen LogP contribution in [0, 0.1) is 6.92 Å². The molecular weight excluding hydrogens is 366 g/mol. The van der Waals surface area contributed by atoms with Crippen molar-refractivity contribution < 1.29 is 9.21 Å². The van der Waals surface area contributed by atoms with E-state index in [0.717, 1.165) is 31.7 Å². The molecule has 7 nitrogen and oxygen atoms in total. The molecule has 2 aromatic heterocycles. The second-order valence-electron chi connectivity index (χ2n) is 7.27. The minimum absolute atomic E-state index is 0.243. The maximum Gasteiger partial charge on any atom is 0.273 e. The Kier molecular flexibility index (Phi) is 5.86. The number of nitrogens with zero attached hydrogens (tertiary/aromatic N) is 4. The van der Waals surface area contributed by atoms with E-state index < -0.39 is 0 Å². The summed E-state index contributed by atoms with van der Waals surface area (Å²) in [6.45, 7) is 6.90. The molecule has 1 aromatic carbocycles. The van der Waals surface area contributed by atoms with Crippen molar-refractivity contribution in [1.29, 1.82) is 0 Å². The molecule has 0 radical (unpaired) electrons. The van der Waals surface area contributed by atoms with Crippen molar-refractivity contribution in [2.24, 2.45) is 0 Å².